The van der Waals surface area contributed by atoms with E-state index in [0.717, 1.165) is 18.4 Å². The summed E-state index contributed by atoms with van der Waals surface area (Å²) < 4.78 is 1.73. The number of hydrogen-bond acceptors (Lipinski definition) is 2. The first-order valence-corrected chi connectivity index (χ1v) is 7.69. The zero-order chi connectivity index (χ0) is 14.5. The molecule has 0 radical (unpaired) electrons. The van der Waals surface area contributed by atoms with Crippen LogP contribution < -0.4 is 5.32 Å². The predicted octanol–water partition coefficient (Wildman–Crippen LogP) is 2.92. The lowest BCUT2D eigenvalue weighted by molar-refractivity contribution is -0.124. The second-order valence-corrected chi connectivity index (χ2v) is 5.64. The van der Waals surface area contributed by atoms with E-state index in [9.17, 15) is 4.79 Å². The van der Waals surface area contributed by atoms with Gasteiger partial charge in [-0.25, -0.2) is 0 Å². The highest BCUT2D eigenvalue weighted by Gasteiger charge is 2.25. The summed E-state index contributed by atoms with van der Waals surface area (Å²) in [6, 6.07) is 11.6. The minimum Gasteiger partial charge on any atom is -0.351 e. The molecule has 3 rings (SSSR count). The van der Waals surface area contributed by atoms with Crippen LogP contribution in [0.2, 0.25) is 0 Å². The van der Waals surface area contributed by atoms with Gasteiger partial charge >= 0.3 is 0 Å². The lowest BCUT2D eigenvalue weighted by Crippen LogP contribution is -2.41. The summed E-state index contributed by atoms with van der Waals surface area (Å²) >= 11 is 0. The van der Waals surface area contributed by atoms with E-state index in [1.54, 1.807) is 10.9 Å². The Morgan fingerprint density at radius 3 is 2.57 bits per heavy atom. The minimum atomic E-state index is -0.386. The van der Waals surface area contributed by atoms with Gasteiger partial charge in [0.25, 0.3) is 0 Å². The molecule has 0 bridgehead atoms. The maximum absolute atomic E-state index is 12.7. The molecule has 0 spiro atoms. The molecule has 1 aromatic heterocycles. The summed E-state index contributed by atoms with van der Waals surface area (Å²) in [6.07, 6.45) is 9.44. The molecule has 0 unspecified atom stereocenters. The van der Waals surface area contributed by atoms with Crippen molar-refractivity contribution in [3.63, 3.8) is 0 Å². The highest BCUT2D eigenvalue weighted by Crippen LogP contribution is 2.21. The number of amides is 1. The van der Waals surface area contributed by atoms with Crippen LogP contribution in [0.4, 0.5) is 0 Å². The van der Waals surface area contributed by atoms with E-state index < -0.39 is 0 Å². The lowest BCUT2D eigenvalue weighted by Gasteiger charge is -2.26. The Balaban J connectivity index is 1.80. The molecule has 1 N–H and O–H groups in total. The van der Waals surface area contributed by atoms with Crippen LogP contribution >= 0.6 is 0 Å². The van der Waals surface area contributed by atoms with E-state index in [0.29, 0.717) is 6.04 Å². The largest absolute Gasteiger partial charge is 0.351 e. The first-order chi connectivity index (χ1) is 10.3. The number of carbonyl (C=O) groups excluding carboxylic acids is 1. The smallest absolute Gasteiger partial charge is 0.249 e. The Bertz CT molecular complexity index is 559. The van der Waals surface area contributed by atoms with Crippen molar-refractivity contribution < 1.29 is 4.79 Å². The Kier molecular flexibility index (Phi) is 4.34. The monoisotopic (exact) mass is 283 g/mol. The molecule has 1 atom stereocenters. The quantitative estimate of drug-likeness (QED) is 0.937. The second kappa shape index (κ2) is 6.57. The van der Waals surface area contributed by atoms with Crippen LogP contribution in [-0.4, -0.2) is 21.7 Å². The number of carbonyl (C=O) groups is 1. The molecule has 0 aliphatic heterocycles. The fourth-order valence-corrected chi connectivity index (χ4v) is 3.02. The van der Waals surface area contributed by atoms with Crippen LogP contribution in [0.25, 0.3) is 0 Å². The van der Waals surface area contributed by atoms with Gasteiger partial charge in [0.05, 0.1) is 0 Å². The van der Waals surface area contributed by atoms with Gasteiger partial charge in [0.1, 0.15) is 0 Å². The van der Waals surface area contributed by atoms with Crippen LogP contribution in [0, 0.1) is 0 Å². The number of aromatic nitrogens is 2. The van der Waals surface area contributed by atoms with Crippen molar-refractivity contribution in [1.82, 2.24) is 15.1 Å². The van der Waals surface area contributed by atoms with E-state index >= 15 is 0 Å². The maximum Gasteiger partial charge on any atom is 0.249 e. The van der Waals surface area contributed by atoms with E-state index in [-0.39, 0.29) is 11.9 Å². The third-order valence-electron chi connectivity index (χ3n) is 4.10. The number of rotatable bonds is 4. The molecule has 1 amide bonds. The van der Waals surface area contributed by atoms with Gasteiger partial charge in [-0.15, -0.1) is 0 Å². The van der Waals surface area contributed by atoms with Gasteiger partial charge in [0.2, 0.25) is 5.91 Å². The SMILES string of the molecule is O=C(NC1CCCCC1)[C@H](c1ccccc1)n1cccn1. The standard InChI is InChI=1S/C17H21N3O/c21-17(19-15-10-5-2-6-11-15)16(20-13-7-12-18-20)14-8-3-1-4-9-14/h1,3-4,7-9,12-13,15-16H,2,5-6,10-11H2,(H,19,21)/t16-/m0/s1. The van der Waals surface area contributed by atoms with Crippen molar-refractivity contribution in [2.24, 2.45) is 0 Å². The summed E-state index contributed by atoms with van der Waals surface area (Å²) in [5, 5.41) is 7.47. The first-order valence-electron chi connectivity index (χ1n) is 7.69. The molecule has 0 saturated heterocycles. The van der Waals surface area contributed by atoms with Crippen molar-refractivity contribution in [1.29, 1.82) is 0 Å². The van der Waals surface area contributed by atoms with E-state index in [1.807, 2.05) is 42.6 Å². The minimum absolute atomic E-state index is 0.0387. The third-order valence-corrected chi connectivity index (χ3v) is 4.10. The zero-order valence-electron chi connectivity index (χ0n) is 12.1. The molecule has 4 nitrogen and oxygen atoms in total. The Hall–Kier alpha value is -2.10. The lowest BCUT2D eigenvalue weighted by atomic mass is 9.95. The molecular formula is C17H21N3O. The molecule has 1 aromatic carbocycles. The normalized spacial score (nSPS) is 17.3. The molecule has 1 aliphatic rings. The van der Waals surface area contributed by atoms with Crippen LogP contribution in [0.5, 0.6) is 0 Å². The summed E-state index contributed by atoms with van der Waals surface area (Å²) in [4.78, 5) is 12.7. The molecule has 110 valence electrons. The van der Waals surface area contributed by atoms with Crippen LogP contribution in [0.15, 0.2) is 48.8 Å². The topological polar surface area (TPSA) is 46.9 Å². The Morgan fingerprint density at radius 2 is 1.90 bits per heavy atom. The number of hydrogen-bond donors (Lipinski definition) is 1. The van der Waals surface area contributed by atoms with E-state index in [2.05, 4.69) is 10.4 Å². The molecule has 1 saturated carbocycles. The molecular weight excluding hydrogens is 262 g/mol. The maximum atomic E-state index is 12.7. The fraction of sp³-hybridized carbons (Fsp3) is 0.412. The van der Waals surface area contributed by atoms with Crippen LogP contribution in [0.3, 0.4) is 0 Å². The van der Waals surface area contributed by atoms with Gasteiger partial charge in [-0.1, -0.05) is 49.6 Å². The van der Waals surface area contributed by atoms with Gasteiger partial charge in [-0.3, -0.25) is 9.48 Å². The highest BCUT2D eigenvalue weighted by molar-refractivity contribution is 5.83. The van der Waals surface area contributed by atoms with Crippen molar-refractivity contribution >= 4 is 5.91 Å². The van der Waals surface area contributed by atoms with Crippen LogP contribution in [-0.2, 0) is 4.79 Å². The van der Waals surface area contributed by atoms with Gasteiger partial charge in [-0.2, -0.15) is 5.10 Å². The first kappa shape index (κ1) is 13.9. The summed E-state index contributed by atoms with van der Waals surface area (Å²) in [5.41, 5.74) is 0.967. The van der Waals surface area contributed by atoms with Crippen molar-refractivity contribution in [2.45, 2.75) is 44.2 Å². The summed E-state index contributed by atoms with van der Waals surface area (Å²) in [5.74, 6) is 0.0387. The average Bonchev–Trinajstić information content (AvgIpc) is 3.03. The van der Waals surface area contributed by atoms with E-state index in [1.165, 1.54) is 19.3 Å². The highest BCUT2D eigenvalue weighted by atomic mass is 16.2. The number of benzene rings is 1. The molecule has 2 aromatic rings. The number of nitrogens with one attached hydrogen (secondary N) is 1. The zero-order valence-corrected chi connectivity index (χ0v) is 12.1. The van der Waals surface area contributed by atoms with Gasteiger partial charge in [0, 0.05) is 18.4 Å². The molecule has 1 fully saturated rings. The molecule has 21 heavy (non-hydrogen) atoms. The Morgan fingerprint density at radius 1 is 1.14 bits per heavy atom. The third kappa shape index (κ3) is 3.32. The van der Waals surface area contributed by atoms with Crippen molar-refractivity contribution in [2.75, 3.05) is 0 Å². The van der Waals surface area contributed by atoms with Crippen molar-refractivity contribution in [3.05, 3.63) is 54.4 Å². The second-order valence-electron chi connectivity index (χ2n) is 5.64. The predicted molar refractivity (Wildman–Crippen MR) is 81.8 cm³/mol. The van der Waals surface area contributed by atoms with Gasteiger partial charge in [-0.05, 0) is 24.5 Å². The average molecular weight is 283 g/mol. The fourth-order valence-electron chi connectivity index (χ4n) is 3.02. The molecule has 1 aliphatic carbocycles. The molecule has 4 heteroatoms. The summed E-state index contributed by atoms with van der Waals surface area (Å²) in [7, 11) is 0. The summed E-state index contributed by atoms with van der Waals surface area (Å²) in [6.45, 7) is 0. The number of nitrogens with zero attached hydrogens (tertiary/aromatic N) is 2. The molecule has 1 heterocycles. The van der Waals surface area contributed by atoms with Gasteiger partial charge < -0.3 is 5.32 Å². The van der Waals surface area contributed by atoms with E-state index in [4.69, 9.17) is 0 Å². The van der Waals surface area contributed by atoms with Gasteiger partial charge in [0.15, 0.2) is 6.04 Å². The van der Waals surface area contributed by atoms with Crippen molar-refractivity contribution in [3.8, 4) is 0 Å². The Labute approximate surface area is 125 Å². The van der Waals surface area contributed by atoms with Crippen LogP contribution in [0.1, 0.15) is 43.7 Å².